The highest BCUT2D eigenvalue weighted by Crippen LogP contribution is 2.46. The van der Waals surface area contributed by atoms with Gasteiger partial charge in [-0.1, -0.05) is 191 Å². The number of nitrogens with zero attached hydrogens (tertiary/aromatic N) is 2. The van der Waals surface area contributed by atoms with Gasteiger partial charge < -0.3 is 0 Å². The first-order valence-electron chi connectivity index (χ1n) is 25.2. The fourth-order valence-corrected chi connectivity index (χ4v) is 11.3. The molecule has 328 valence electrons. The fraction of sp³-hybridized carbons (Fsp3) is 0.556. The van der Waals surface area contributed by atoms with Gasteiger partial charge in [0.1, 0.15) is 15.7 Å². The van der Waals surface area contributed by atoms with E-state index in [-0.39, 0.29) is 35.7 Å². The molecule has 0 aromatic heterocycles. The summed E-state index contributed by atoms with van der Waals surface area (Å²) in [6.45, 7) is 8.91. The summed E-state index contributed by atoms with van der Waals surface area (Å²) in [7, 11) is 4.16. The van der Waals surface area contributed by atoms with Crippen molar-refractivity contribution in [3.63, 3.8) is 0 Å². The van der Waals surface area contributed by atoms with E-state index < -0.39 is 0 Å². The summed E-state index contributed by atoms with van der Waals surface area (Å²) in [5.74, 6) is -0.693. The Bertz CT molecular complexity index is 2270. The molecule has 4 amide bonds. The highest BCUT2D eigenvalue weighted by Gasteiger charge is 2.41. The molecule has 2 aliphatic rings. The summed E-state index contributed by atoms with van der Waals surface area (Å²) in [6, 6.07) is 11.8. The van der Waals surface area contributed by atoms with Crippen LogP contribution in [-0.4, -0.2) is 61.2 Å². The third-order valence-electron chi connectivity index (χ3n) is 14.6. The van der Waals surface area contributed by atoms with Crippen LogP contribution in [0.4, 0.5) is 0 Å². The summed E-state index contributed by atoms with van der Waals surface area (Å²) in [5, 5.41) is 7.29. The highest BCUT2D eigenvalue weighted by molar-refractivity contribution is 6.54. The molecule has 8 heteroatoms. The fourth-order valence-electron chi connectivity index (χ4n) is 11.3. The van der Waals surface area contributed by atoms with E-state index in [4.69, 9.17) is 0 Å². The minimum Gasteiger partial charge on any atom is -0.271 e. The number of benzene rings is 5. The summed E-state index contributed by atoms with van der Waals surface area (Å²) in [5.41, 5.74) is 4.37. The van der Waals surface area contributed by atoms with E-state index in [1.165, 1.54) is 77.0 Å². The zero-order valence-electron chi connectivity index (χ0n) is 39.1. The number of carbonyl (C=O) groups is 4. The van der Waals surface area contributed by atoms with E-state index in [9.17, 15) is 19.2 Å². The Morgan fingerprint density at radius 3 is 1.02 bits per heavy atom. The molecule has 0 aliphatic carbocycles. The Labute approximate surface area is 373 Å². The molecule has 2 heterocycles. The number of rotatable bonds is 26. The van der Waals surface area contributed by atoms with Crippen molar-refractivity contribution < 1.29 is 19.2 Å². The van der Waals surface area contributed by atoms with Gasteiger partial charge in [0.15, 0.2) is 0 Å². The van der Waals surface area contributed by atoms with Gasteiger partial charge in [-0.2, -0.15) is 0 Å². The van der Waals surface area contributed by atoms with E-state index in [2.05, 4.69) is 55.5 Å². The second-order valence-electron chi connectivity index (χ2n) is 19.1. The van der Waals surface area contributed by atoms with Crippen LogP contribution >= 0.6 is 0 Å². The molecule has 0 fully saturated rings. The lowest BCUT2D eigenvalue weighted by molar-refractivity contribution is 0.0501. The predicted molar refractivity (Wildman–Crippen MR) is 266 cm³/mol. The first-order chi connectivity index (χ1) is 30.2. The lowest BCUT2D eigenvalue weighted by Crippen LogP contribution is -2.48. The first-order valence-corrected chi connectivity index (χ1v) is 25.2. The van der Waals surface area contributed by atoms with Crippen molar-refractivity contribution >= 4 is 93.3 Å². The summed E-state index contributed by atoms with van der Waals surface area (Å²) < 4.78 is 0. The van der Waals surface area contributed by atoms with Gasteiger partial charge in [0.2, 0.25) is 0 Å². The molecule has 5 aromatic carbocycles. The van der Waals surface area contributed by atoms with Gasteiger partial charge in [-0.25, -0.2) is 0 Å². The lowest BCUT2D eigenvalue weighted by atomic mass is 9.73. The SMILES string of the molecule is Bc1cc2c3c(cc(B)c4c5ccc6c7c(ccc(c1c34)c75)C(=O)N(C(CCCCCCC)CCCCCCC)C6=O)C(=O)N(C(CCCCCCC)CCCCCCC)C2=O. The molecule has 62 heavy (non-hydrogen) atoms. The number of fused-ring (bicyclic) bond motifs is 2. The van der Waals surface area contributed by atoms with Gasteiger partial charge in [-0.05, 0) is 70.1 Å². The van der Waals surface area contributed by atoms with Crippen LogP contribution in [0.5, 0.6) is 0 Å². The quantitative estimate of drug-likeness (QED) is 0.0183. The van der Waals surface area contributed by atoms with Gasteiger partial charge in [0.05, 0.1) is 0 Å². The molecular weight excluding hydrogens is 762 g/mol. The van der Waals surface area contributed by atoms with Gasteiger partial charge in [-0.3, -0.25) is 29.0 Å². The number of hydrogen-bond donors (Lipinski definition) is 0. The number of amides is 4. The van der Waals surface area contributed by atoms with Crippen molar-refractivity contribution in [3.05, 3.63) is 58.7 Å². The van der Waals surface area contributed by atoms with Crippen LogP contribution in [0.3, 0.4) is 0 Å². The molecule has 2 aliphatic heterocycles. The van der Waals surface area contributed by atoms with Crippen molar-refractivity contribution in [1.29, 1.82) is 0 Å². The van der Waals surface area contributed by atoms with Gasteiger partial charge >= 0.3 is 0 Å². The molecule has 0 bridgehead atoms. The van der Waals surface area contributed by atoms with Crippen LogP contribution < -0.4 is 10.9 Å². The lowest BCUT2D eigenvalue weighted by Gasteiger charge is -2.36. The Balaban J connectivity index is 1.30. The van der Waals surface area contributed by atoms with Crippen molar-refractivity contribution in [2.24, 2.45) is 0 Å². The molecule has 0 radical (unpaired) electrons. The molecule has 0 unspecified atom stereocenters. The van der Waals surface area contributed by atoms with E-state index in [1.54, 1.807) is 9.80 Å². The van der Waals surface area contributed by atoms with Crippen molar-refractivity contribution in [1.82, 2.24) is 9.80 Å². The maximum atomic E-state index is 14.9. The van der Waals surface area contributed by atoms with E-state index in [0.717, 1.165) is 131 Å². The standard InChI is InChI=1S/C54H72B2N2O4/c1-5-9-13-17-21-25-35(26-22-18-14-10-6-2)57-51(59)39-31-29-37-45-38(30-32-40(46(39)45)52(57)60)49-44(56)34-42-47-41(33-43(55)48(37)50(47)49)53(61)58(54(42)62)36(27-23-19-15-11-7-3)28-24-20-16-12-8-4/h29-36H,5-28,55-56H2,1-4H3. The zero-order chi connectivity index (χ0) is 43.9. The Kier molecular flexibility index (Phi) is 15.5. The molecule has 0 saturated carbocycles. The third-order valence-corrected chi connectivity index (χ3v) is 14.6. The maximum absolute atomic E-state index is 14.9. The van der Waals surface area contributed by atoms with Crippen LogP contribution in [-0.2, 0) is 0 Å². The predicted octanol–water partition coefficient (Wildman–Crippen LogP) is 11.6. The molecule has 7 rings (SSSR count). The van der Waals surface area contributed by atoms with Crippen LogP contribution in [0.25, 0.3) is 43.1 Å². The van der Waals surface area contributed by atoms with Gasteiger partial charge in [0, 0.05) is 45.1 Å². The molecular formula is C54H72B2N2O4. The Morgan fingerprint density at radius 1 is 0.371 bits per heavy atom. The maximum Gasteiger partial charge on any atom is 0.261 e. The van der Waals surface area contributed by atoms with E-state index in [0.29, 0.717) is 22.3 Å². The molecule has 0 spiro atoms. The van der Waals surface area contributed by atoms with Crippen molar-refractivity contribution in [2.45, 2.75) is 194 Å². The number of carbonyl (C=O) groups excluding carboxylic acids is 4. The van der Waals surface area contributed by atoms with Crippen LogP contribution in [0.15, 0.2) is 36.4 Å². The second-order valence-corrected chi connectivity index (χ2v) is 19.1. The molecule has 0 atom stereocenters. The second kappa shape index (κ2) is 21.0. The number of hydrogen-bond acceptors (Lipinski definition) is 4. The van der Waals surface area contributed by atoms with E-state index >= 15 is 0 Å². The Morgan fingerprint density at radius 2 is 0.677 bits per heavy atom. The molecule has 0 N–H and O–H groups in total. The van der Waals surface area contributed by atoms with Crippen molar-refractivity contribution in [2.75, 3.05) is 0 Å². The van der Waals surface area contributed by atoms with Crippen LogP contribution in [0, 0.1) is 0 Å². The molecule has 5 aromatic rings. The Hall–Kier alpha value is -4.19. The third kappa shape index (κ3) is 8.83. The molecule has 0 saturated heterocycles. The largest absolute Gasteiger partial charge is 0.271 e. The average molecular weight is 835 g/mol. The van der Waals surface area contributed by atoms with Crippen molar-refractivity contribution in [3.8, 4) is 0 Å². The number of imide groups is 2. The highest BCUT2D eigenvalue weighted by atomic mass is 16.2. The zero-order valence-corrected chi connectivity index (χ0v) is 39.1. The monoisotopic (exact) mass is 835 g/mol. The molecule has 6 nitrogen and oxygen atoms in total. The minimum absolute atomic E-state index is 0.119. The smallest absolute Gasteiger partial charge is 0.261 e. The normalized spacial score (nSPS) is 14.2. The van der Waals surface area contributed by atoms with Crippen LogP contribution in [0.2, 0.25) is 0 Å². The minimum atomic E-state index is -0.177. The topological polar surface area (TPSA) is 74.8 Å². The first kappa shape index (κ1) is 45.8. The summed E-state index contributed by atoms with van der Waals surface area (Å²) in [4.78, 5) is 62.6. The number of unbranched alkanes of at least 4 members (excludes halogenated alkanes) is 16. The van der Waals surface area contributed by atoms with Gasteiger partial charge in [0.25, 0.3) is 23.6 Å². The van der Waals surface area contributed by atoms with Gasteiger partial charge in [-0.15, -0.1) is 0 Å². The summed E-state index contributed by atoms with van der Waals surface area (Å²) >= 11 is 0. The summed E-state index contributed by atoms with van der Waals surface area (Å²) in [6.07, 6.45) is 26.2. The average Bonchev–Trinajstić information content (AvgIpc) is 3.26. The van der Waals surface area contributed by atoms with E-state index in [1.807, 2.05) is 24.3 Å². The van der Waals surface area contributed by atoms with Crippen LogP contribution in [0.1, 0.15) is 223 Å².